The summed E-state index contributed by atoms with van der Waals surface area (Å²) in [5.41, 5.74) is 6.79. The standard InChI is InChI=1S/C26H35BN4O6/c1-25(2)16-9-21(25)26(3)22(10-16)36-27(37-26)17(11-19(32)14-31-13-18(12-28)29-30-31)8-15-6-5-7-20(24(33)34)23(15)35-4/h5-7,13,16-17,21-22H,8-12,14,28H2,1-4H3,(H,33,34)/t16-,17+,21-,22+,26-/m0/s1. The van der Waals surface area contributed by atoms with Crippen molar-refractivity contribution >= 4 is 18.9 Å². The van der Waals surface area contributed by atoms with Crippen LogP contribution < -0.4 is 10.5 Å². The molecule has 6 rings (SSSR count). The van der Waals surface area contributed by atoms with E-state index in [4.69, 9.17) is 19.8 Å². The van der Waals surface area contributed by atoms with E-state index in [-0.39, 0.29) is 48.2 Å². The number of para-hydroxylation sites is 1. The molecule has 0 unspecified atom stereocenters. The van der Waals surface area contributed by atoms with E-state index in [1.165, 1.54) is 17.9 Å². The lowest BCUT2D eigenvalue weighted by atomic mass is 9.43. The normalized spacial score (nSPS) is 28.4. The van der Waals surface area contributed by atoms with Crippen LogP contribution in [0.5, 0.6) is 5.75 Å². The molecule has 11 heteroatoms. The van der Waals surface area contributed by atoms with Crippen molar-refractivity contribution < 1.29 is 28.7 Å². The smallest absolute Gasteiger partial charge is 0.461 e. The third kappa shape index (κ3) is 4.47. The number of nitrogens with zero attached hydrogens (tertiary/aromatic N) is 3. The minimum absolute atomic E-state index is 0.0263. The first-order chi connectivity index (χ1) is 17.6. The van der Waals surface area contributed by atoms with Gasteiger partial charge in [-0.05, 0) is 55.1 Å². The molecule has 3 aliphatic carbocycles. The minimum atomic E-state index is -1.07. The van der Waals surface area contributed by atoms with E-state index >= 15 is 0 Å². The van der Waals surface area contributed by atoms with Crippen molar-refractivity contribution in [2.75, 3.05) is 7.11 Å². The molecule has 2 bridgehead atoms. The zero-order chi connectivity index (χ0) is 26.5. The maximum atomic E-state index is 13.2. The van der Waals surface area contributed by atoms with E-state index < -0.39 is 18.7 Å². The van der Waals surface area contributed by atoms with Gasteiger partial charge < -0.3 is 24.9 Å². The van der Waals surface area contributed by atoms with Crippen LogP contribution >= 0.6 is 0 Å². The van der Waals surface area contributed by atoms with Crippen LogP contribution in [0, 0.1) is 17.3 Å². The van der Waals surface area contributed by atoms with E-state index in [2.05, 4.69) is 31.1 Å². The maximum absolute atomic E-state index is 13.2. The first-order valence-electron chi connectivity index (χ1n) is 12.9. The highest BCUT2D eigenvalue weighted by molar-refractivity contribution is 6.48. The van der Waals surface area contributed by atoms with Crippen LogP contribution in [0.3, 0.4) is 0 Å². The molecule has 37 heavy (non-hydrogen) atoms. The van der Waals surface area contributed by atoms with Gasteiger partial charge in [0.15, 0.2) is 5.78 Å². The van der Waals surface area contributed by atoms with E-state index in [9.17, 15) is 14.7 Å². The van der Waals surface area contributed by atoms with Gasteiger partial charge in [-0.2, -0.15) is 0 Å². The zero-order valence-electron chi connectivity index (χ0n) is 21.8. The Balaban J connectivity index is 1.41. The van der Waals surface area contributed by atoms with Crippen molar-refractivity contribution in [2.24, 2.45) is 23.0 Å². The Morgan fingerprint density at radius 2 is 2.11 bits per heavy atom. The molecule has 0 amide bonds. The number of hydrogen-bond donors (Lipinski definition) is 2. The Bertz CT molecular complexity index is 1200. The first-order valence-corrected chi connectivity index (χ1v) is 12.9. The molecular formula is C26H35BN4O6. The fourth-order valence-electron chi connectivity index (χ4n) is 6.85. The van der Waals surface area contributed by atoms with Crippen LogP contribution in [0.2, 0.25) is 5.82 Å². The molecule has 2 aromatic rings. The number of carbonyl (C=O) groups is 2. The van der Waals surface area contributed by atoms with Crippen molar-refractivity contribution in [1.29, 1.82) is 0 Å². The molecule has 0 radical (unpaired) electrons. The number of methoxy groups -OCH3 is 1. The molecule has 2 heterocycles. The molecule has 1 aromatic carbocycles. The molecule has 1 aromatic heterocycles. The number of carboxylic acids is 1. The summed E-state index contributed by atoms with van der Waals surface area (Å²) in [5, 5.41) is 17.6. The largest absolute Gasteiger partial charge is 0.496 e. The summed E-state index contributed by atoms with van der Waals surface area (Å²) in [6.45, 7) is 7.06. The van der Waals surface area contributed by atoms with Crippen LogP contribution in [-0.2, 0) is 33.6 Å². The van der Waals surface area contributed by atoms with E-state index in [0.717, 1.165) is 12.8 Å². The number of ether oxygens (including phenoxy) is 1. The molecule has 4 fully saturated rings. The number of rotatable bonds is 10. The Hall–Kier alpha value is -2.76. The highest BCUT2D eigenvalue weighted by Crippen LogP contribution is 2.66. The fraction of sp³-hybridized carbons (Fsp3) is 0.615. The summed E-state index contributed by atoms with van der Waals surface area (Å²) in [6.07, 6.45) is 4.25. The van der Waals surface area contributed by atoms with Gasteiger partial charge in [0.2, 0.25) is 0 Å². The number of hydrogen-bond acceptors (Lipinski definition) is 8. The van der Waals surface area contributed by atoms with Gasteiger partial charge in [0.1, 0.15) is 17.9 Å². The van der Waals surface area contributed by atoms with Crippen LogP contribution in [0.4, 0.5) is 0 Å². The van der Waals surface area contributed by atoms with Crippen LogP contribution in [0.1, 0.15) is 61.6 Å². The Kier molecular flexibility index (Phi) is 6.66. The van der Waals surface area contributed by atoms with Crippen LogP contribution in [-0.4, -0.2) is 57.8 Å². The van der Waals surface area contributed by atoms with Gasteiger partial charge in [-0.25, -0.2) is 9.48 Å². The summed E-state index contributed by atoms with van der Waals surface area (Å²) in [6, 6.07) is 5.04. The molecule has 1 aliphatic heterocycles. The van der Waals surface area contributed by atoms with Crippen molar-refractivity contribution in [1.82, 2.24) is 15.0 Å². The first kappa shape index (κ1) is 25.9. The van der Waals surface area contributed by atoms with Crippen LogP contribution in [0.15, 0.2) is 24.4 Å². The molecule has 5 atom stereocenters. The third-order valence-corrected chi connectivity index (χ3v) is 8.99. The monoisotopic (exact) mass is 510 g/mol. The topological polar surface area (TPSA) is 139 Å². The lowest BCUT2D eigenvalue weighted by molar-refractivity contribution is -0.199. The summed E-state index contributed by atoms with van der Waals surface area (Å²) >= 11 is 0. The minimum Gasteiger partial charge on any atom is -0.496 e. The summed E-state index contributed by atoms with van der Waals surface area (Å²) in [7, 11) is 0.862. The van der Waals surface area contributed by atoms with E-state index in [1.807, 2.05) is 6.07 Å². The van der Waals surface area contributed by atoms with Gasteiger partial charge in [0.05, 0.1) is 30.7 Å². The van der Waals surface area contributed by atoms with Gasteiger partial charge in [0.25, 0.3) is 0 Å². The second-order valence-corrected chi connectivity index (χ2v) is 11.5. The van der Waals surface area contributed by atoms with Crippen molar-refractivity contribution in [3.05, 3.63) is 41.2 Å². The van der Waals surface area contributed by atoms with Gasteiger partial charge in [-0.1, -0.05) is 31.2 Å². The number of aromatic carboxylic acids is 1. The molecular weight excluding hydrogens is 475 g/mol. The maximum Gasteiger partial charge on any atom is 0.461 e. The molecule has 1 saturated heterocycles. The van der Waals surface area contributed by atoms with Gasteiger partial charge in [0, 0.05) is 18.8 Å². The average molecular weight is 510 g/mol. The summed E-state index contributed by atoms with van der Waals surface area (Å²) < 4.78 is 20.2. The predicted molar refractivity (Wildman–Crippen MR) is 135 cm³/mol. The highest BCUT2D eigenvalue weighted by atomic mass is 16.7. The second-order valence-electron chi connectivity index (χ2n) is 11.5. The van der Waals surface area contributed by atoms with E-state index in [1.54, 1.807) is 12.3 Å². The number of aromatic nitrogens is 3. The quantitative estimate of drug-likeness (QED) is 0.462. The molecule has 3 N–H and O–H groups in total. The molecule has 4 aliphatic rings. The van der Waals surface area contributed by atoms with E-state index in [0.29, 0.717) is 35.3 Å². The van der Waals surface area contributed by atoms with Crippen molar-refractivity contribution in [2.45, 2.75) is 77.1 Å². The number of carboxylic acid groups (broad SMARTS) is 1. The Morgan fingerprint density at radius 3 is 2.76 bits per heavy atom. The molecule has 198 valence electrons. The number of nitrogens with two attached hydrogens (primary N) is 1. The van der Waals surface area contributed by atoms with Crippen molar-refractivity contribution in [3.8, 4) is 5.75 Å². The Morgan fingerprint density at radius 1 is 1.32 bits per heavy atom. The zero-order valence-corrected chi connectivity index (χ0v) is 21.8. The molecule has 10 nitrogen and oxygen atoms in total. The molecule has 3 saturated carbocycles. The lowest BCUT2D eigenvalue weighted by Gasteiger charge is -2.64. The van der Waals surface area contributed by atoms with Gasteiger partial charge in [-0.15, -0.1) is 5.10 Å². The Labute approximate surface area is 217 Å². The highest BCUT2D eigenvalue weighted by Gasteiger charge is 2.68. The summed E-state index contributed by atoms with van der Waals surface area (Å²) in [4.78, 5) is 25.0. The second kappa shape index (κ2) is 9.52. The average Bonchev–Trinajstić information content (AvgIpc) is 3.46. The lowest BCUT2D eigenvalue weighted by Crippen LogP contribution is -2.65. The number of carbonyl (C=O) groups excluding carboxylic acids is 1. The van der Waals surface area contributed by atoms with Gasteiger partial charge in [-0.3, -0.25) is 4.79 Å². The predicted octanol–water partition coefficient (Wildman–Crippen LogP) is 2.74. The van der Waals surface area contributed by atoms with Gasteiger partial charge >= 0.3 is 13.1 Å². The fourth-order valence-corrected chi connectivity index (χ4v) is 6.85. The number of Topliss-reactive ketones (excluding diaryl/α,β-unsaturated/α-hetero) is 1. The molecule has 0 spiro atoms. The number of benzene rings is 1. The summed E-state index contributed by atoms with van der Waals surface area (Å²) in [5.74, 6) is -0.174. The van der Waals surface area contributed by atoms with Crippen LogP contribution in [0.25, 0.3) is 0 Å². The van der Waals surface area contributed by atoms with Crippen molar-refractivity contribution in [3.63, 3.8) is 0 Å². The SMILES string of the molecule is COc1c(C[C@H](CC(=O)Cn2cc(CN)nn2)B2O[C@@H]3C[C@@H]4C[C@@H](C4(C)C)[C@]3(C)O2)cccc1C(=O)O. The third-order valence-electron chi connectivity index (χ3n) is 8.99. The number of ketones is 1.